The van der Waals surface area contributed by atoms with Crippen molar-refractivity contribution in [3.05, 3.63) is 59.7 Å². The van der Waals surface area contributed by atoms with Gasteiger partial charge in [-0.25, -0.2) is 0 Å². The van der Waals surface area contributed by atoms with Crippen molar-refractivity contribution in [1.82, 2.24) is 10.6 Å². The Bertz CT molecular complexity index is 961. The highest BCUT2D eigenvalue weighted by molar-refractivity contribution is 5.99. The van der Waals surface area contributed by atoms with E-state index in [-0.39, 0.29) is 35.5 Å². The summed E-state index contributed by atoms with van der Waals surface area (Å²) in [6.07, 6.45) is 2.44. The Kier molecular flexibility index (Phi) is 8.79. The summed E-state index contributed by atoms with van der Waals surface area (Å²) in [6, 6.07) is 13.7. The van der Waals surface area contributed by atoms with Gasteiger partial charge in [-0.1, -0.05) is 12.1 Å². The third-order valence-electron chi connectivity index (χ3n) is 5.93. The molecule has 8 heteroatoms. The Balaban J connectivity index is 1.51. The molecule has 2 aromatic carbocycles. The number of carbonyl (C=O) groups excluding carboxylic acids is 4. The second-order valence-corrected chi connectivity index (χ2v) is 8.41. The van der Waals surface area contributed by atoms with Crippen LogP contribution >= 0.6 is 0 Å². The van der Waals surface area contributed by atoms with Crippen LogP contribution in [-0.2, 0) is 9.59 Å². The van der Waals surface area contributed by atoms with Crippen molar-refractivity contribution in [3.8, 4) is 0 Å². The Hall–Kier alpha value is -3.68. The van der Waals surface area contributed by atoms with Crippen molar-refractivity contribution in [1.29, 1.82) is 0 Å². The van der Waals surface area contributed by atoms with Crippen LogP contribution in [0.3, 0.4) is 0 Å². The lowest BCUT2D eigenvalue weighted by Gasteiger charge is -2.27. The van der Waals surface area contributed by atoms with E-state index in [1.807, 2.05) is 13.8 Å². The molecule has 8 nitrogen and oxygen atoms in total. The van der Waals surface area contributed by atoms with E-state index in [1.54, 1.807) is 48.5 Å². The van der Waals surface area contributed by atoms with Crippen molar-refractivity contribution >= 4 is 35.0 Å². The van der Waals surface area contributed by atoms with Gasteiger partial charge in [0.1, 0.15) is 0 Å². The zero-order valence-corrected chi connectivity index (χ0v) is 19.6. The summed E-state index contributed by atoms with van der Waals surface area (Å²) in [5.74, 6) is -0.914. The summed E-state index contributed by atoms with van der Waals surface area (Å²) in [4.78, 5) is 49.5. The monoisotopic (exact) mass is 464 g/mol. The van der Waals surface area contributed by atoms with E-state index in [2.05, 4.69) is 21.3 Å². The van der Waals surface area contributed by atoms with Gasteiger partial charge in [0.05, 0.1) is 0 Å². The molecule has 0 radical (unpaired) electrons. The van der Waals surface area contributed by atoms with Gasteiger partial charge in [0.15, 0.2) is 0 Å². The van der Waals surface area contributed by atoms with E-state index in [1.165, 1.54) is 0 Å². The molecule has 0 atom stereocenters. The normalized spacial score (nSPS) is 17.4. The van der Waals surface area contributed by atoms with Gasteiger partial charge in [-0.15, -0.1) is 0 Å². The van der Waals surface area contributed by atoms with Crippen LogP contribution in [-0.4, -0.2) is 36.7 Å². The largest absolute Gasteiger partial charge is 0.352 e. The summed E-state index contributed by atoms with van der Waals surface area (Å²) in [6.45, 7) is 4.77. The maximum Gasteiger partial charge on any atom is 0.251 e. The van der Waals surface area contributed by atoms with E-state index in [9.17, 15) is 19.2 Å². The first-order valence-corrected chi connectivity index (χ1v) is 11.8. The number of rotatable bonds is 8. The van der Waals surface area contributed by atoms with E-state index in [0.29, 0.717) is 61.3 Å². The number of benzene rings is 2. The molecule has 180 valence electrons. The lowest BCUT2D eigenvalue weighted by molar-refractivity contribution is -0.125. The van der Waals surface area contributed by atoms with Gasteiger partial charge >= 0.3 is 0 Å². The van der Waals surface area contributed by atoms with Crippen LogP contribution in [0, 0.1) is 11.8 Å². The zero-order valence-electron chi connectivity index (χ0n) is 19.6. The SMILES string of the molecule is CCNC(=O)c1cccc(NC(=O)C2CCC(C(=O)Nc3cccc(C(=O)NCC)c3)CC2)c1. The van der Waals surface area contributed by atoms with Gasteiger partial charge in [-0.05, 0) is 75.9 Å². The predicted molar refractivity (Wildman–Crippen MR) is 132 cm³/mol. The van der Waals surface area contributed by atoms with E-state index < -0.39 is 0 Å². The molecule has 3 rings (SSSR count). The van der Waals surface area contributed by atoms with Gasteiger partial charge in [-0.2, -0.15) is 0 Å². The molecule has 34 heavy (non-hydrogen) atoms. The van der Waals surface area contributed by atoms with Crippen molar-refractivity contribution in [2.75, 3.05) is 23.7 Å². The fourth-order valence-electron chi connectivity index (χ4n) is 4.11. The van der Waals surface area contributed by atoms with Crippen LogP contribution in [0.1, 0.15) is 60.2 Å². The molecule has 4 N–H and O–H groups in total. The number of amides is 4. The quantitative estimate of drug-likeness (QED) is 0.478. The van der Waals surface area contributed by atoms with Crippen molar-refractivity contribution in [2.45, 2.75) is 39.5 Å². The van der Waals surface area contributed by atoms with Crippen molar-refractivity contribution in [3.63, 3.8) is 0 Å². The summed E-state index contributed by atoms with van der Waals surface area (Å²) < 4.78 is 0. The maximum atomic E-state index is 12.7. The fourth-order valence-corrected chi connectivity index (χ4v) is 4.11. The number of nitrogens with one attached hydrogen (secondary N) is 4. The van der Waals surface area contributed by atoms with Crippen LogP contribution in [0.4, 0.5) is 11.4 Å². The van der Waals surface area contributed by atoms with Gasteiger partial charge in [0, 0.05) is 47.4 Å². The highest BCUT2D eigenvalue weighted by atomic mass is 16.2. The second-order valence-electron chi connectivity index (χ2n) is 8.41. The van der Waals surface area contributed by atoms with Gasteiger partial charge in [-0.3, -0.25) is 19.2 Å². The molecule has 0 heterocycles. The highest BCUT2D eigenvalue weighted by Crippen LogP contribution is 2.31. The number of carbonyl (C=O) groups is 4. The molecule has 0 spiro atoms. The summed E-state index contributed by atoms with van der Waals surface area (Å²) >= 11 is 0. The predicted octanol–water partition coefficient (Wildman–Crippen LogP) is 3.57. The zero-order chi connectivity index (χ0) is 24.5. The molecule has 1 fully saturated rings. The molecule has 1 aliphatic rings. The van der Waals surface area contributed by atoms with Crippen molar-refractivity contribution in [2.24, 2.45) is 11.8 Å². The van der Waals surface area contributed by atoms with Gasteiger partial charge in [0.2, 0.25) is 11.8 Å². The second kappa shape index (κ2) is 12.0. The lowest BCUT2D eigenvalue weighted by Crippen LogP contribution is -2.32. The molecule has 0 bridgehead atoms. The molecule has 0 aromatic heterocycles. The summed E-state index contributed by atoms with van der Waals surface area (Å²) in [5.41, 5.74) is 2.16. The molecule has 0 saturated heterocycles. The first-order valence-electron chi connectivity index (χ1n) is 11.8. The third-order valence-corrected chi connectivity index (χ3v) is 5.93. The van der Waals surface area contributed by atoms with Gasteiger partial charge in [0.25, 0.3) is 11.8 Å². The van der Waals surface area contributed by atoms with Crippen LogP contribution < -0.4 is 21.3 Å². The first-order chi connectivity index (χ1) is 16.4. The number of anilines is 2. The molecule has 1 saturated carbocycles. The molecule has 1 aliphatic carbocycles. The third kappa shape index (κ3) is 6.66. The highest BCUT2D eigenvalue weighted by Gasteiger charge is 2.30. The average Bonchev–Trinajstić information content (AvgIpc) is 2.84. The van der Waals surface area contributed by atoms with Gasteiger partial charge < -0.3 is 21.3 Å². The Labute approximate surface area is 199 Å². The number of hydrogen-bond acceptors (Lipinski definition) is 4. The fraction of sp³-hybridized carbons (Fsp3) is 0.385. The Morgan fingerprint density at radius 1 is 0.676 bits per heavy atom. The summed E-state index contributed by atoms with van der Waals surface area (Å²) in [5, 5.41) is 11.3. The van der Waals surface area contributed by atoms with Crippen LogP contribution in [0.25, 0.3) is 0 Å². The van der Waals surface area contributed by atoms with Crippen LogP contribution in [0.15, 0.2) is 48.5 Å². The van der Waals surface area contributed by atoms with E-state index >= 15 is 0 Å². The molecule has 0 aliphatic heterocycles. The first kappa shape index (κ1) is 25.0. The standard InChI is InChI=1S/C26H32N4O4/c1-3-27-23(31)19-7-5-9-21(15-19)29-25(33)17-11-13-18(14-12-17)26(34)30-22-10-6-8-20(16-22)24(32)28-4-2/h5-10,15-18H,3-4,11-14H2,1-2H3,(H,27,31)(H,28,32)(H,29,33)(H,30,34). The minimum Gasteiger partial charge on any atom is -0.352 e. The minimum absolute atomic E-state index is 0.0958. The molecular formula is C26H32N4O4. The summed E-state index contributed by atoms with van der Waals surface area (Å²) in [7, 11) is 0. The van der Waals surface area contributed by atoms with E-state index in [4.69, 9.17) is 0 Å². The molecule has 2 aromatic rings. The van der Waals surface area contributed by atoms with Crippen molar-refractivity contribution < 1.29 is 19.2 Å². The Morgan fingerprint density at radius 2 is 1.06 bits per heavy atom. The molecule has 0 unspecified atom stereocenters. The smallest absolute Gasteiger partial charge is 0.251 e. The molecule has 4 amide bonds. The lowest BCUT2D eigenvalue weighted by atomic mass is 9.81. The topological polar surface area (TPSA) is 116 Å². The molecular weight excluding hydrogens is 432 g/mol. The van der Waals surface area contributed by atoms with Crippen LogP contribution in [0.2, 0.25) is 0 Å². The number of hydrogen-bond donors (Lipinski definition) is 4. The Morgan fingerprint density at radius 3 is 1.41 bits per heavy atom. The van der Waals surface area contributed by atoms with E-state index in [0.717, 1.165) is 0 Å². The maximum absolute atomic E-state index is 12.7. The average molecular weight is 465 g/mol. The van der Waals surface area contributed by atoms with Crippen LogP contribution in [0.5, 0.6) is 0 Å². The minimum atomic E-state index is -0.182.